The fourth-order valence-corrected chi connectivity index (χ4v) is 2.56. The lowest BCUT2D eigenvalue weighted by atomic mass is 10.1. The predicted molar refractivity (Wildman–Crippen MR) is 104 cm³/mol. The molecule has 3 aromatic rings. The number of carbonyl (C=O) groups excluding carboxylic acids is 1. The van der Waals surface area contributed by atoms with Crippen molar-refractivity contribution in [2.24, 2.45) is 0 Å². The van der Waals surface area contributed by atoms with Crippen molar-refractivity contribution in [3.8, 4) is 0 Å². The van der Waals surface area contributed by atoms with E-state index in [0.717, 1.165) is 17.7 Å². The summed E-state index contributed by atoms with van der Waals surface area (Å²) >= 11 is 0. The molecule has 0 bridgehead atoms. The lowest BCUT2D eigenvalue weighted by Gasteiger charge is -2.08. The zero-order chi connectivity index (χ0) is 19.1. The van der Waals surface area contributed by atoms with E-state index in [0.29, 0.717) is 18.9 Å². The summed E-state index contributed by atoms with van der Waals surface area (Å²) in [6.07, 6.45) is 3.14. The van der Waals surface area contributed by atoms with Crippen molar-refractivity contribution in [1.82, 2.24) is 15.3 Å². The van der Waals surface area contributed by atoms with Gasteiger partial charge in [-0.3, -0.25) is 4.79 Å². The molecule has 0 aliphatic rings. The highest BCUT2D eigenvalue weighted by molar-refractivity contribution is 5.92. The minimum atomic E-state index is -0.274. The SMILES string of the molecule is CCc1ccc(Nc2nccc(C(=O)NCCc3ccc(F)cc3)n2)cc1. The van der Waals surface area contributed by atoms with E-state index in [-0.39, 0.29) is 17.4 Å². The fraction of sp³-hybridized carbons (Fsp3) is 0.190. The molecule has 0 saturated carbocycles. The molecule has 0 spiro atoms. The highest BCUT2D eigenvalue weighted by atomic mass is 19.1. The number of benzene rings is 2. The molecule has 0 radical (unpaired) electrons. The minimum absolute atomic E-state index is 0.270. The fourth-order valence-electron chi connectivity index (χ4n) is 2.56. The van der Waals surface area contributed by atoms with Crippen LogP contribution in [-0.2, 0) is 12.8 Å². The zero-order valence-corrected chi connectivity index (χ0v) is 15.1. The van der Waals surface area contributed by atoms with Crippen molar-refractivity contribution in [3.63, 3.8) is 0 Å². The van der Waals surface area contributed by atoms with Crippen LogP contribution >= 0.6 is 0 Å². The highest BCUT2D eigenvalue weighted by Gasteiger charge is 2.08. The van der Waals surface area contributed by atoms with Gasteiger partial charge in [0.15, 0.2) is 0 Å². The maximum Gasteiger partial charge on any atom is 0.270 e. The van der Waals surface area contributed by atoms with E-state index in [4.69, 9.17) is 0 Å². The topological polar surface area (TPSA) is 66.9 Å². The lowest BCUT2D eigenvalue weighted by molar-refractivity contribution is 0.0949. The van der Waals surface area contributed by atoms with E-state index in [2.05, 4.69) is 27.5 Å². The molecule has 1 heterocycles. The van der Waals surface area contributed by atoms with Gasteiger partial charge in [0.1, 0.15) is 11.5 Å². The van der Waals surface area contributed by atoms with E-state index in [1.807, 2.05) is 24.3 Å². The third kappa shape index (κ3) is 5.34. The molecule has 0 aliphatic heterocycles. The molecule has 0 saturated heterocycles. The van der Waals surface area contributed by atoms with Crippen molar-refractivity contribution in [2.45, 2.75) is 19.8 Å². The van der Waals surface area contributed by atoms with E-state index in [1.165, 1.54) is 17.7 Å². The van der Waals surface area contributed by atoms with Gasteiger partial charge in [-0.25, -0.2) is 14.4 Å². The van der Waals surface area contributed by atoms with Crippen molar-refractivity contribution >= 4 is 17.5 Å². The van der Waals surface area contributed by atoms with Crippen LogP contribution in [0, 0.1) is 5.82 Å². The van der Waals surface area contributed by atoms with Crippen LogP contribution in [0.5, 0.6) is 0 Å². The van der Waals surface area contributed by atoms with Gasteiger partial charge < -0.3 is 10.6 Å². The molecular formula is C21H21FN4O. The summed E-state index contributed by atoms with van der Waals surface area (Å²) in [6, 6.07) is 15.8. The zero-order valence-electron chi connectivity index (χ0n) is 15.1. The number of amides is 1. The van der Waals surface area contributed by atoms with E-state index < -0.39 is 0 Å². The summed E-state index contributed by atoms with van der Waals surface area (Å²) in [5, 5.41) is 5.92. The Kier molecular flexibility index (Phi) is 6.10. The normalized spacial score (nSPS) is 10.4. The summed E-state index contributed by atoms with van der Waals surface area (Å²) < 4.78 is 12.9. The Labute approximate surface area is 157 Å². The first-order valence-electron chi connectivity index (χ1n) is 8.85. The van der Waals surface area contributed by atoms with Crippen LogP contribution in [0.2, 0.25) is 0 Å². The molecule has 1 amide bonds. The molecule has 138 valence electrons. The van der Waals surface area contributed by atoms with Gasteiger partial charge in [0, 0.05) is 18.4 Å². The molecule has 0 unspecified atom stereocenters. The van der Waals surface area contributed by atoms with Crippen LogP contribution in [0.1, 0.15) is 28.5 Å². The molecule has 0 fully saturated rings. The Morgan fingerprint density at radius 3 is 2.41 bits per heavy atom. The average molecular weight is 364 g/mol. The highest BCUT2D eigenvalue weighted by Crippen LogP contribution is 2.14. The standard InChI is InChI=1S/C21H21FN4O/c1-2-15-5-9-18(10-6-15)25-21-24-14-12-19(26-21)20(27)23-13-11-16-3-7-17(22)8-4-16/h3-10,12,14H,2,11,13H2,1H3,(H,23,27)(H,24,25,26). The molecule has 5 nitrogen and oxygen atoms in total. The van der Waals surface area contributed by atoms with Crippen LogP contribution in [-0.4, -0.2) is 22.4 Å². The molecule has 2 N–H and O–H groups in total. The molecule has 0 aliphatic carbocycles. The van der Waals surface area contributed by atoms with Gasteiger partial charge in [-0.15, -0.1) is 0 Å². The first kappa shape index (κ1) is 18.5. The Balaban J connectivity index is 1.56. The van der Waals surface area contributed by atoms with Gasteiger partial charge in [-0.05, 0) is 54.3 Å². The number of rotatable bonds is 7. The second-order valence-electron chi connectivity index (χ2n) is 6.07. The second-order valence-corrected chi connectivity index (χ2v) is 6.07. The molecule has 27 heavy (non-hydrogen) atoms. The third-order valence-corrected chi connectivity index (χ3v) is 4.12. The van der Waals surface area contributed by atoms with Crippen LogP contribution in [0.4, 0.5) is 16.0 Å². The Bertz CT molecular complexity index is 895. The number of anilines is 2. The third-order valence-electron chi connectivity index (χ3n) is 4.12. The van der Waals surface area contributed by atoms with Gasteiger partial charge in [0.05, 0.1) is 0 Å². The second kappa shape index (κ2) is 8.89. The summed E-state index contributed by atoms with van der Waals surface area (Å²) in [5.74, 6) is -0.178. The smallest absolute Gasteiger partial charge is 0.270 e. The molecule has 1 aromatic heterocycles. The Morgan fingerprint density at radius 2 is 1.70 bits per heavy atom. The number of nitrogens with one attached hydrogen (secondary N) is 2. The van der Waals surface area contributed by atoms with Crippen LogP contribution < -0.4 is 10.6 Å². The van der Waals surface area contributed by atoms with Crippen molar-refractivity contribution in [3.05, 3.63) is 83.4 Å². The number of nitrogens with zero attached hydrogens (tertiary/aromatic N) is 2. The average Bonchev–Trinajstić information content (AvgIpc) is 2.70. The number of carbonyl (C=O) groups is 1. The van der Waals surface area contributed by atoms with Crippen LogP contribution in [0.3, 0.4) is 0 Å². The Hall–Kier alpha value is -3.28. The summed E-state index contributed by atoms with van der Waals surface area (Å²) in [4.78, 5) is 20.7. The molecule has 2 aromatic carbocycles. The predicted octanol–water partition coefficient (Wildman–Crippen LogP) is 3.89. The molecule has 6 heteroatoms. The van der Waals surface area contributed by atoms with E-state index >= 15 is 0 Å². The van der Waals surface area contributed by atoms with Gasteiger partial charge in [0.25, 0.3) is 5.91 Å². The van der Waals surface area contributed by atoms with Crippen molar-refractivity contribution < 1.29 is 9.18 Å². The first-order valence-corrected chi connectivity index (χ1v) is 8.85. The van der Waals surface area contributed by atoms with Crippen LogP contribution in [0.15, 0.2) is 60.8 Å². The largest absolute Gasteiger partial charge is 0.350 e. The number of aromatic nitrogens is 2. The monoisotopic (exact) mass is 364 g/mol. The van der Waals surface area contributed by atoms with E-state index in [1.54, 1.807) is 24.4 Å². The van der Waals surface area contributed by atoms with Gasteiger partial charge >= 0.3 is 0 Å². The van der Waals surface area contributed by atoms with Gasteiger partial charge in [-0.2, -0.15) is 0 Å². The number of hydrogen-bond donors (Lipinski definition) is 2. The summed E-state index contributed by atoms with van der Waals surface area (Å²) in [5.41, 5.74) is 3.35. The first-order chi connectivity index (χ1) is 13.1. The number of halogens is 1. The van der Waals surface area contributed by atoms with Gasteiger partial charge in [-0.1, -0.05) is 31.2 Å². The molecule has 0 atom stereocenters. The van der Waals surface area contributed by atoms with Crippen LogP contribution in [0.25, 0.3) is 0 Å². The van der Waals surface area contributed by atoms with Crippen molar-refractivity contribution in [2.75, 3.05) is 11.9 Å². The molecule has 3 rings (SSSR count). The summed E-state index contributed by atoms with van der Waals surface area (Å²) in [7, 11) is 0. The Morgan fingerprint density at radius 1 is 1.00 bits per heavy atom. The quantitative estimate of drug-likeness (QED) is 0.667. The molecular weight excluding hydrogens is 343 g/mol. The van der Waals surface area contributed by atoms with E-state index in [9.17, 15) is 9.18 Å². The van der Waals surface area contributed by atoms with Gasteiger partial charge in [0.2, 0.25) is 5.95 Å². The number of aryl methyl sites for hydroxylation is 1. The lowest BCUT2D eigenvalue weighted by Crippen LogP contribution is -2.26. The summed E-state index contributed by atoms with van der Waals surface area (Å²) in [6.45, 7) is 2.54. The van der Waals surface area contributed by atoms with Crippen molar-refractivity contribution in [1.29, 1.82) is 0 Å². The maximum atomic E-state index is 12.9. The number of hydrogen-bond acceptors (Lipinski definition) is 4. The minimum Gasteiger partial charge on any atom is -0.350 e. The maximum absolute atomic E-state index is 12.9.